The zero-order valence-corrected chi connectivity index (χ0v) is 12.4. The number of aromatic hydroxyl groups is 1. The molecule has 0 amide bonds. The van der Waals surface area contributed by atoms with Crippen LogP contribution in [-0.2, 0) is 6.54 Å². The van der Waals surface area contributed by atoms with Gasteiger partial charge in [0, 0.05) is 23.7 Å². The summed E-state index contributed by atoms with van der Waals surface area (Å²) in [7, 11) is 1.65. The average molecular weight is 282 g/mol. The Labute approximate surface area is 123 Å². The van der Waals surface area contributed by atoms with E-state index in [1.165, 1.54) is 0 Å². The monoisotopic (exact) mass is 282 g/mol. The first-order chi connectivity index (χ1) is 10.2. The van der Waals surface area contributed by atoms with Gasteiger partial charge in [-0.15, -0.1) is 0 Å². The average Bonchev–Trinajstić information content (AvgIpc) is 2.87. The smallest absolute Gasteiger partial charge is 0.141 e. The quantitative estimate of drug-likeness (QED) is 0.796. The molecule has 2 aromatic carbocycles. The molecule has 4 heteroatoms. The zero-order valence-electron chi connectivity index (χ0n) is 12.4. The minimum Gasteiger partial charge on any atom is -0.508 e. The van der Waals surface area contributed by atoms with Gasteiger partial charge in [-0.3, -0.25) is 0 Å². The molecule has 1 heterocycles. The summed E-state index contributed by atoms with van der Waals surface area (Å²) in [5, 5.41) is 9.93. The molecule has 0 spiro atoms. The molecule has 0 unspecified atom stereocenters. The van der Waals surface area contributed by atoms with E-state index >= 15 is 0 Å². The van der Waals surface area contributed by atoms with Crippen LogP contribution >= 0.6 is 0 Å². The summed E-state index contributed by atoms with van der Waals surface area (Å²) in [4.78, 5) is 4.74. The first kappa shape index (κ1) is 13.5. The van der Waals surface area contributed by atoms with E-state index in [1.807, 2.05) is 37.3 Å². The summed E-state index contributed by atoms with van der Waals surface area (Å²) in [6.07, 6.45) is 0. The fraction of sp³-hybridized carbons (Fsp3) is 0.235. The number of aromatic nitrogens is 2. The van der Waals surface area contributed by atoms with Gasteiger partial charge in [-0.05, 0) is 32.0 Å². The lowest BCUT2D eigenvalue weighted by Crippen LogP contribution is -1.98. The van der Waals surface area contributed by atoms with Gasteiger partial charge < -0.3 is 14.4 Å². The highest BCUT2D eigenvalue weighted by atomic mass is 16.5. The van der Waals surface area contributed by atoms with E-state index in [1.54, 1.807) is 13.2 Å². The van der Waals surface area contributed by atoms with Gasteiger partial charge in [0.2, 0.25) is 0 Å². The van der Waals surface area contributed by atoms with Crippen LogP contribution in [0.1, 0.15) is 12.5 Å². The Balaban J connectivity index is 2.29. The number of hydrogen-bond acceptors (Lipinski definition) is 3. The second kappa shape index (κ2) is 5.13. The van der Waals surface area contributed by atoms with Crippen LogP contribution in [0, 0.1) is 6.92 Å². The minimum atomic E-state index is 0.291. The highest BCUT2D eigenvalue weighted by Crippen LogP contribution is 2.32. The molecule has 0 aliphatic rings. The summed E-state index contributed by atoms with van der Waals surface area (Å²) >= 11 is 0. The Morgan fingerprint density at radius 3 is 2.76 bits per heavy atom. The highest BCUT2D eigenvalue weighted by Gasteiger charge is 2.15. The number of ether oxygens (including phenoxy) is 1. The van der Waals surface area contributed by atoms with Crippen LogP contribution in [0.2, 0.25) is 0 Å². The number of fused-ring (bicyclic) bond motifs is 1. The van der Waals surface area contributed by atoms with Crippen LogP contribution < -0.4 is 4.74 Å². The van der Waals surface area contributed by atoms with Crippen molar-refractivity contribution in [3.63, 3.8) is 0 Å². The maximum Gasteiger partial charge on any atom is 0.141 e. The maximum absolute atomic E-state index is 9.93. The minimum absolute atomic E-state index is 0.291. The number of phenols is 1. The SMILES string of the molecule is CCn1c(-c2cccc(O)c2C)nc2cc(OC)ccc21. The molecule has 0 radical (unpaired) electrons. The normalized spacial score (nSPS) is 11.0. The lowest BCUT2D eigenvalue weighted by molar-refractivity contribution is 0.415. The summed E-state index contributed by atoms with van der Waals surface area (Å²) in [6.45, 7) is 4.81. The topological polar surface area (TPSA) is 47.3 Å². The van der Waals surface area contributed by atoms with Crippen LogP contribution in [0.3, 0.4) is 0 Å². The Morgan fingerprint density at radius 2 is 2.05 bits per heavy atom. The van der Waals surface area contributed by atoms with Gasteiger partial charge in [-0.2, -0.15) is 0 Å². The summed E-state index contributed by atoms with van der Waals surface area (Å²) in [5.41, 5.74) is 3.76. The van der Waals surface area contributed by atoms with Crippen molar-refractivity contribution in [1.82, 2.24) is 9.55 Å². The largest absolute Gasteiger partial charge is 0.508 e. The third-order valence-corrected chi connectivity index (χ3v) is 3.82. The van der Waals surface area contributed by atoms with Crippen LogP contribution in [0.5, 0.6) is 11.5 Å². The number of nitrogens with zero attached hydrogens (tertiary/aromatic N) is 2. The molecule has 3 rings (SSSR count). The van der Waals surface area contributed by atoms with Crippen molar-refractivity contribution in [3.8, 4) is 22.9 Å². The van der Waals surface area contributed by atoms with E-state index in [-0.39, 0.29) is 0 Å². The van der Waals surface area contributed by atoms with E-state index in [0.717, 1.165) is 40.3 Å². The lowest BCUT2D eigenvalue weighted by atomic mass is 10.1. The van der Waals surface area contributed by atoms with Crippen LogP contribution in [0.15, 0.2) is 36.4 Å². The molecular weight excluding hydrogens is 264 g/mol. The molecule has 0 fully saturated rings. The van der Waals surface area contributed by atoms with Crippen LogP contribution in [0.4, 0.5) is 0 Å². The number of benzene rings is 2. The molecule has 3 aromatic rings. The molecule has 0 saturated heterocycles. The van der Waals surface area contributed by atoms with E-state index in [0.29, 0.717) is 5.75 Å². The highest BCUT2D eigenvalue weighted by molar-refractivity contribution is 5.83. The molecule has 0 aliphatic carbocycles. The lowest BCUT2D eigenvalue weighted by Gasteiger charge is -2.09. The molecule has 0 atom stereocenters. The van der Waals surface area contributed by atoms with Gasteiger partial charge in [0.05, 0.1) is 18.1 Å². The molecule has 0 aliphatic heterocycles. The van der Waals surface area contributed by atoms with Gasteiger partial charge in [0.1, 0.15) is 17.3 Å². The van der Waals surface area contributed by atoms with Crippen molar-refractivity contribution in [2.24, 2.45) is 0 Å². The summed E-state index contributed by atoms with van der Waals surface area (Å²) < 4.78 is 7.41. The summed E-state index contributed by atoms with van der Waals surface area (Å²) in [6, 6.07) is 11.4. The molecule has 0 bridgehead atoms. The third kappa shape index (κ3) is 2.13. The van der Waals surface area contributed by atoms with E-state index in [9.17, 15) is 5.11 Å². The Morgan fingerprint density at radius 1 is 1.24 bits per heavy atom. The number of rotatable bonds is 3. The van der Waals surface area contributed by atoms with E-state index < -0.39 is 0 Å². The second-order valence-corrected chi connectivity index (χ2v) is 4.98. The maximum atomic E-state index is 9.93. The van der Waals surface area contributed by atoms with Crippen LogP contribution in [0.25, 0.3) is 22.4 Å². The van der Waals surface area contributed by atoms with Gasteiger partial charge in [0.25, 0.3) is 0 Å². The summed E-state index contributed by atoms with van der Waals surface area (Å²) in [5.74, 6) is 1.95. The van der Waals surface area contributed by atoms with Crippen molar-refractivity contribution in [2.45, 2.75) is 20.4 Å². The Hall–Kier alpha value is -2.49. The van der Waals surface area contributed by atoms with Crippen molar-refractivity contribution < 1.29 is 9.84 Å². The Bertz CT molecular complexity index is 806. The van der Waals surface area contributed by atoms with Gasteiger partial charge in [0.15, 0.2) is 0 Å². The number of phenolic OH excluding ortho intramolecular Hbond substituents is 1. The molecule has 0 saturated carbocycles. The standard InChI is InChI=1S/C17H18N2O2/c1-4-19-15-9-8-12(21-3)10-14(15)18-17(19)13-6-5-7-16(20)11(13)2/h5-10,20H,4H2,1-3H3. The molecule has 1 N–H and O–H groups in total. The first-order valence-corrected chi connectivity index (χ1v) is 6.99. The van der Waals surface area contributed by atoms with Crippen molar-refractivity contribution in [2.75, 3.05) is 7.11 Å². The second-order valence-electron chi connectivity index (χ2n) is 4.98. The fourth-order valence-corrected chi connectivity index (χ4v) is 2.63. The molecule has 21 heavy (non-hydrogen) atoms. The number of aryl methyl sites for hydroxylation is 1. The number of imidazole rings is 1. The Kier molecular flexibility index (Phi) is 3.29. The number of methoxy groups -OCH3 is 1. The van der Waals surface area contributed by atoms with E-state index in [2.05, 4.69) is 11.5 Å². The van der Waals surface area contributed by atoms with Crippen molar-refractivity contribution >= 4 is 11.0 Å². The van der Waals surface area contributed by atoms with Gasteiger partial charge in [-0.25, -0.2) is 4.98 Å². The molecule has 108 valence electrons. The fourth-order valence-electron chi connectivity index (χ4n) is 2.63. The third-order valence-electron chi connectivity index (χ3n) is 3.82. The predicted octanol–water partition coefficient (Wildman–Crippen LogP) is 3.75. The van der Waals surface area contributed by atoms with Crippen LogP contribution in [-0.4, -0.2) is 21.8 Å². The van der Waals surface area contributed by atoms with Crippen molar-refractivity contribution in [1.29, 1.82) is 0 Å². The zero-order chi connectivity index (χ0) is 15.0. The molecular formula is C17H18N2O2. The molecule has 1 aromatic heterocycles. The first-order valence-electron chi connectivity index (χ1n) is 6.99. The molecule has 4 nitrogen and oxygen atoms in total. The van der Waals surface area contributed by atoms with E-state index in [4.69, 9.17) is 9.72 Å². The van der Waals surface area contributed by atoms with Crippen molar-refractivity contribution in [3.05, 3.63) is 42.0 Å². The van der Waals surface area contributed by atoms with Gasteiger partial charge in [-0.1, -0.05) is 12.1 Å². The van der Waals surface area contributed by atoms with Gasteiger partial charge >= 0.3 is 0 Å². The number of hydrogen-bond donors (Lipinski definition) is 1. The predicted molar refractivity (Wildman–Crippen MR) is 83.8 cm³/mol.